The maximum absolute atomic E-state index is 2.55. The Kier molecular flexibility index (Phi) is 19.1. The van der Waals surface area contributed by atoms with Crippen molar-refractivity contribution < 1.29 is 10.0 Å². The van der Waals surface area contributed by atoms with Crippen LogP contribution >= 0.6 is 53.0 Å². The first-order valence-corrected chi connectivity index (χ1v) is 51.2. The molecular weight excluding hydrogens is 661 g/mol. The monoisotopic (exact) mass is 674 g/mol. The molecule has 0 rings (SSSR count). The van der Waals surface area contributed by atoms with E-state index in [1.54, 1.807) is 0 Å². The van der Waals surface area contributed by atoms with Crippen LogP contribution in [0.1, 0.15) is 6.92 Å². The van der Waals surface area contributed by atoms with Crippen molar-refractivity contribution in [3.8, 4) is 0 Å². The summed E-state index contributed by atoms with van der Waals surface area (Å²) in [4.78, 5) is 0. The van der Waals surface area contributed by atoms with E-state index in [1.807, 2.05) is 0 Å². The minimum absolute atomic E-state index is 0.677. The number of hydrogen-bond donors (Lipinski definition) is 0. The number of hydrogen-bond acceptors (Lipinski definition) is 0. The molecule has 0 bridgehead atoms. The summed E-state index contributed by atoms with van der Waals surface area (Å²) in [5.74, 6) is 1.33. The van der Waals surface area contributed by atoms with Gasteiger partial charge in [-0.05, 0) is 17.8 Å². The Morgan fingerprint density at radius 1 is 1.22 bits per heavy atom. The van der Waals surface area contributed by atoms with Gasteiger partial charge in [0.1, 0.15) is 5.75 Å². The van der Waals surface area contributed by atoms with E-state index in [0.29, 0.717) is 10.9 Å². The second kappa shape index (κ2) is 11.5. The fourth-order valence-corrected chi connectivity index (χ4v) is 0. The van der Waals surface area contributed by atoms with Gasteiger partial charge in [-0.1, -0.05) is 0 Å². The summed E-state index contributed by atoms with van der Waals surface area (Å²) >= 11 is 7.64. The summed E-state index contributed by atoms with van der Waals surface area (Å²) in [7, 11) is -0.200. The summed E-state index contributed by atoms with van der Waals surface area (Å²) in [6.07, 6.45) is 4.50. The van der Waals surface area contributed by atoms with Gasteiger partial charge in [0.05, 0.1) is 12.5 Å². The summed E-state index contributed by atoms with van der Waals surface area (Å²) in [6.45, 7) is 2.21. The molecule has 0 spiro atoms. The van der Waals surface area contributed by atoms with Gasteiger partial charge in [0.25, 0.3) is 0 Å². The zero-order valence-electron chi connectivity index (χ0n) is 5.96. The number of rotatable bonds is 1. The first-order valence-electron chi connectivity index (χ1n) is 2.61. The van der Waals surface area contributed by atoms with Crippen molar-refractivity contribution in [2.75, 3.05) is 18.3 Å². The Bertz CT molecular complexity index is 48.3. The molecule has 0 saturated heterocycles. The zero-order valence-corrected chi connectivity index (χ0v) is 18.7. The average Bonchev–Trinajstić information content (AvgIpc) is 1.65. The third kappa shape index (κ3) is 34.4. The second-order valence-corrected chi connectivity index (χ2v) is 123. The molecule has 0 aliphatic rings. The van der Waals surface area contributed by atoms with E-state index >= 15 is 0 Å². The third-order valence-electron chi connectivity index (χ3n) is 0.577. The topological polar surface area (TPSA) is 0 Å². The molecule has 0 heterocycles. The van der Waals surface area contributed by atoms with Crippen LogP contribution in [0.4, 0.5) is 0 Å². The predicted molar refractivity (Wildman–Crippen MR) is 71.8 cm³/mol. The average molecular weight is 673 g/mol. The molecular formula is C4H11HgI3S. The van der Waals surface area contributed by atoms with E-state index < -0.39 is 10.0 Å². The first kappa shape index (κ1) is 15.0. The summed E-state index contributed by atoms with van der Waals surface area (Å²) in [5.41, 5.74) is 0. The summed E-state index contributed by atoms with van der Waals surface area (Å²) in [5, 5.41) is 0. The molecule has 0 aromatic rings. The Hall–Kier alpha value is 3.48. The van der Waals surface area contributed by atoms with E-state index in [9.17, 15) is 0 Å². The second-order valence-electron chi connectivity index (χ2n) is 1.58. The number of halogens is 3. The van der Waals surface area contributed by atoms with Crippen LogP contribution in [0.25, 0.3) is 0 Å². The van der Waals surface area contributed by atoms with E-state index in [1.165, 1.54) is 5.75 Å². The van der Waals surface area contributed by atoms with E-state index in [0.717, 1.165) is 0 Å². The van der Waals surface area contributed by atoms with Crippen molar-refractivity contribution in [3.63, 3.8) is 0 Å². The van der Waals surface area contributed by atoms with E-state index in [4.69, 9.17) is 0 Å². The van der Waals surface area contributed by atoms with Gasteiger partial charge >= 0.3 is 63.0 Å². The molecule has 9 heavy (non-hydrogen) atoms. The van der Waals surface area contributed by atoms with Crippen LogP contribution in [0.5, 0.6) is 0 Å². The van der Waals surface area contributed by atoms with Crippen LogP contribution < -0.4 is 0 Å². The molecule has 0 unspecified atom stereocenters. The molecule has 0 aromatic carbocycles. The third-order valence-corrected chi connectivity index (χ3v) is 1.73. The van der Waals surface area contributed by atoms with Crippen LogP contribution in [-0.2, 0) is 20.9 Å². The Morgan fingerprint density at radius 2 is 1.33 bits per heavy atom. The van der Waals surface area contributed by atoms with Gasteiger partial charge < -0.3 is 0 Å². The van der Waals surface area contributed by atoms with Crippen molar-refractivity contribution in [1.82, 2.24) is 0 Å². The fraction of sp³-hybridized carbons (Fsp3) is 1.00. The molecule has 0 fully saturated rings. The van der Waals surface area contributed by atoms with Crippen LogP contribution in [0, 0.1) is 0 Å². The SMILES string of the molecule is CC[S+](C)C.[I][Hg-]([I])[I]. The molecule has 0 N–H and O–H groups in total. The van der Waals surface area contributed by atoms with Crippen molar-refractivity contribution in [2.24, 2.45) is 0 Å². The van der Waals surface area contributed by atoms with Crippen molar-refractivity contribution in [2.45, 2.75) is 6.92 Å². The van der Waals surface area contributed by atoms with E-state index in [2.05, 4.69) is 72.4 Å². The van der Waals surface area contributed by atoms with Crippen molar-refractivity contribution in [1.29, 1.82) is 0 Å². The Morgan fingerprint density at radius 3 is 1.33 bits per heavy atom. The standard InChI is InChI=1S/C4H11S.Hg.3HI/c1-4-5(2)3;;;;/h4H2,1-3H3;;3*1H/q+1;+2;;;/p-3. The maximum atomic E-state index is 2.55. The molecule has 56 valence electrons. The van der Waals surface area contributed by atoms with Crippen LogP contribution in [-0.4, -0.2) is 18.3 Å². The molecule has 5 heteroatoms. The van der Waals surface area contributed by atoms with Gasteiger partial charge in [0.2, 0.25) is 0 Å². The molecule has 0 aliphatic heterocycles. The van der Waals surface area contributed by atoms with Gasteiger partial charge in [-0.25, -0.2) is 0 Å². The van der Waals surface area contributed by atoms with Gasteiger partial charge in [-0.3, -0.25) is 0 Å². The quantitative estimate of drug-likeness (QED) is 0.228. The van der Waals surface area contributed by atoms with Crippen molar-refractivity contribution >= 4 is 63.9 Å². The summed E-state index contributed by atoms with van der Waals surface area (Å²) < 4.78 is 0. The fourth-order valence-electron chi connectivity index (χ4n) is 0. The van der Waals surface area contributed by atoms with Crippen LogP contribution in [0.15, 0.2) is 0 Å². The molecule has 0 nitrogen and oxygen atoms in total. The van der Waals surface area contributed by atoms with Crippen LogP contribution in [0.2, 0.25) is 0 Å². The van der Waals surface area contributed by atoms with Crippen LogP contribution in [0.3, 0.4) is 0 Å². The van der Waals surface area contributed by atoms with Gasteiger partial charge in [0, 0.05) is 0 Å². The summed E-state index contributed by atoms with van der Waals surface area (Å²) in [6, 6.07) is 0. The van der Waals surface area contributed by atoms with Gasteiger partial charge in [0.15, 0.2) is 0 Å². The molecule has 0 radical (unpaired) electrons. The first-order chi connectivity index (χ1) is 4.00. The molecule has 0 saturated carbocycles. The van der Waals surface area contributed by atoms with Gasteiger partial charge in [-0.15, -0.1) is 0 Å². The molecule has 0 aliphatic carbocycles. The molecule has 0 atom stereocenters. The zero-order chi connectivity index (χ0) is 7.86. The molecule has 0 aromatic heterocycles. The van der Waals surface area contributed by atoms with Gasteiger partial charge in [-0.2, -0.15) is 0 Å². The predicted octanol–water partition coefficient (Wildman–Crippen LogP) is 3.54. The normalized spacial score (nSPS) is 8.33. The Balaban J connectivity index is 0. The minimum atomic E-state index is -0.877. The van der Waals surface area contributed by atoms with Crippen molar-refractivity contribution in [3.05, 3.63) is 0 Å². The molecule has 0 amide bonds. The Labute approximate surface area is 96.4 Å². The van der Waals surface area contributed by atoms with E-state index in [-0.39, 0.29) is 0 Å².